The van der Waals surface area contributed by atoms with Crippen LogP contribution in [0.25, 0.3) is 34.2 Å². The van der Waals surface area contributed by atoms with Crippen LogP contribution in [0.1, 0.15) is 5.56 Å². The zero-order chi connectivity index (χ0) is 21.4. The molecule has 1 aliphatic heterocycles. The summed E-state index contributed by atoms with van der Waals surface area (Å²) in [4.78, 5) is 14.9. The molecule has 7 heteroatoms. The van der Waals surface area contributed by atoms with Gasteiger partial charge in [-0.05, 0) is 30.3 Å². The van der Waals surface area contributed by atoms with Gasteiger partial charge >= 0.3 is 0 Å². The van der Waals surface area contributed by atoms with Gasteiger partial charge in [0.2, 0.25) is 0 Å². The number of fused-ring (bicyclic) bond motifs is 1. The fourth-order valence-electron chi connectivity index (χ4n) is 3.42. The molecule has 1 saturated heterocycles. The molecule has 1 fully saturated rings. The Morgan fingerprint density at radius 2 is 1.90 bits per heavy atom. The third kappa shape index (κ3) is 3.62. The van der Waals surface area contributed by atoms with Crippen LogP contribution in [0.5, 0.6) is 0 Å². The van der Waals surface area contributed by atoms with E-state index in [0.29, 0.717) is 27.2 Å². The van der Waals surface area contributed by atoms with E-state index in [1.54, 1.807) is 15.7 Å². The van der Waals surface area contributed by atoms with Crippen LogP contribution in [0.15, 0.2) is 88.8 Å². The van der Waals surface area contributed by atoms with Gasteiger partial charge in [-0.1, -0.05) is 66.5 Å². The minimum absolute atomic E-state index is 0.127. The molecular weight excluding hydrogens is 426 g/mol. The molecule has 0 N–H and O–H groups in total. The highest BCUT2D eigenvalue weighted by molar-refractivity contribution is 8.26. The van der Waals surface area contributed by atoms with Gasteiger partial charge in [0, 0.05) is 23.7 Å². The summed E-state index contributed by atoms with van der Waals surface area (Å²) < 4.78 is 8.39. The molecule has 0 saturated carbocycles. The largest absolute Gasteiger partial charge is 0.454 e. The molecule has 1 aliphatic rings. The normalized spacial score (nSPS) is 15.4. The lowest BCUT2D eigenvalue weighted by atomic mass is 10.1. The van der Waals surface area contributed by atoms with Crippen LogP contribution in [0.4, 0.5) is 0 Å². The molecule has 0 unspecified atom stereocenters. The maximum Gasteiger partial charge on any atom is 0.266 e. The second-order valence-electron chi connectivity index (χ2n) is 6.94. The fraction of sp³-hybridized carbons (Fsp3) is 0.0417. The molecule has 5 rings (SSSR count). The first kappa shape index (κ1) is 19.5. The Kier molecular flexibility index (Phi) is 5.05. The second-order valence-corrected chi connectivity index (χ2v) is 8.62. The number of rotatable bonds is 5. The lowest BCUT2D eigenvalue weighted by molar-refractivity contribution is -0.121. The quantitative estimate of drug-likeness (QED) is 0.226. The number of hydrogen-bond donors (Lipinski definition) is 0. The van der Waals surface area contributed by atoms with Gasteiger partial charge in [0.15, 0.2) is 5.76 Å². The predicted octanol–water partition coefficient (Wildman–Crippen LogP) is 5.67. The van der Waals surface area contributed by atoms with Crippen LogP contribution in [0.2, 0.25) is 0 Å². The highest BCUT2D eigenvalue weighted by atomic mass is 32.2. The van der Waals surface area contributed by atoms with Crippen LogP contribution >= 0.6 is 24.0 Å². The summed E-state index contributed by atoms with van der Waals surface area (Å²) in [7, 11) is 0. The van der Waals surface area contributed by atoms with E-state index in [0.717, 1.165) is 22.2 Å². The minimum atomic E-state index is -0.127. The molecule has 0 spiro atoms. The van der Waals surface area contributed by atoms with E-state index in [2.05, 4.69) is 6.58 Å². The van der Waals surface area contributed by atoms with E-state index >= 15 is 0 Å². The Labute approximate surface area is 188 Å². The molecule has 1 amide bonds. The van der Waals surface area contributed by atoms with Crippen LogP contribution in [-0.2, 0) is 4.79 Å². The summed E-state index contributed by atoms with van der Waals surface area (Å²) in [6, 6.07) is 19.6. The van der Waals surface area contributed by atoms with E-state index in [-0.39, 0.29) is 5.91 Å². The first-order valence-corrected chi connectivity index (χ1v) is 10.9. The number of thiocarbonyl (C=S) groups is 1. The van der Waals surface area contributed by atoms with Gasteiger partial charge in [-0.2, -0.15) is 5.10 Å². The van der Waals surface area contributed by atoms with Gasteiger partial charge < -0.3 is 4.42 Å². The average Bonchev–Trinajstić information content (AvgIpc) is 3.47. The maximum absolute atomic E-state index is 12.8. The molecule has 4 aromatic rings. The number of hydrogen-bond acceptors (Lipinski definition) is 5. The first-order valence-electron chi connectivity index (χ1n) is 9.64. The number of nitrogens with zero attached hydrogens (tertiary/aromatic N) is 3. The zero-order valence-corrected chi connectivity index (χ0v) is 18.0. The topological polar surface area (TPSA) is 51.3 Å². The summed E-state index contributed by atoms with van der Waals surface area (Å²) in [5, 5.41) is 5.78. The smallest absolute Gasteiger partial charge is 0.266 e. The van der Waals surface area contributed by atoms with Crippen molar-refractivity contribution in [2.24, 2.45) is 0 Å². The zero-order valence-electron chi connectivity index (χ0n) is 16.4. The number of thioether (sulfide) groups is 1. The number of carbonyl (C=O) groups excluding carboxylic acids is 1. The van der Waals surface area contributed by atoms with Crippen molar-refractivity contribution in [1.29, 1.82) is 0 Å². The monoisotopic (exact) mass is 443 g/mol. The molecular formula is C24H17N3O2S2. The van der Waals surface area contributed by atoms with E-state index < -0.39 is 0 Å². The molecule has 31 heavy (non-hydrogen) atoms. The molecule has 0 aliphatic carbocycles. The van der Waals surface area contributed by atoms with Gasteiger partial charge in [-0.3, -0.25) is 9.69 Å². The van der Waals surface area contributed by atoms with Gasteiger partial charge in [0.25, 0.3) is 5.91 Å². The van der Waals surface area contributed by atoms with Gasteiger partial charge in [-0.15, -0.1) is 6.58 Å². The molecule has 0 bridgehead atoms. The van der Waals surface area contributed by atoms with Crippen molar-refractivity contribution in [3.63, 3.8) is 0 Å². The summed E-state index contributed by atoms with van der Waals surface area (Å²) in [5.41, 5.74) is 3.14. The SMILES string of the molecule is C=CCN1C(=O)/C(=C/c2cn(-c3ccccc3)nc2-c2cc3ccccc3o2)SC1=S. The molecule has 3 heterocycles. The number of benzene rings is 2. The lowest BCUT2D eigenvalue weighted by Crippen LogP contribution is -2.27. The first-order chi connectivity index (χ1) is 15.1. The molecule has 0 atom stereocenters. The van der Waals surface area contributed by atoms with Crippen molar-refractivity contribution >= 4 is 51.3 Å². The number of aromatic nitrogens is 2. The maximum atomic E-state index is 12.8. The van der Waals surface area contributed by atoms with E-state index in [9.17, 15) is 4.79 Å². The average molecular weight is 444 g/mol. The Morgan fingerprint density at radius 1 is 1.13 bits per heavy atom. The number of carbonyl (C=O) groups is 1. The van der Waals surface area contributed by atoms with Crippen molar-refractivity contribution < 1.29 is 9.21 Å². The highest BCUT2D eigenvalue weighted by Gasteiger charge is 2.31. The van der Waals surface area contributed by atoms with E-state index in [1.807, 2.05) is 72.9 Å². The predicted molar refractivity (Wildman–Crippen MR) is 129 cm³/mol. The number of furan rings is 1. The summed E-state index contributed by atoms with van der Waals surface area (Å²) in [6.07, 6.45) is 5.40. The Balaban J connectivity index is 1.63. The van der Waals surface area contributed by atoms with Crippen LogP contribution in [-0.4, -0.2) is 31.5 Å². The van der Waals surface area contributed by atoms with Gasteiger partial charge in [0.1, 0.15) is 15.6 Å². The Hall–Kier alpha value is -3.42. The summed E-state index contributed by atoms with van der Waals surface area (Å²) in [6.45, 7) is 4.10. The second kappa shape index (κ2) is 8.02. The highest BCUT2D eigenvalue weighted by Crippen LogP contribution is 2.36. The van der Waals surface area contributed by atoms with Crippen LogP contribution in [0, 0.1) is 0 Å². The van der Waals surface area contributed by atoms with Crippen LogP contribution < -0.4 is 0 Å². The molecule has 0 radical (unpaired) electrons. The lowest BCUT2D eigenvalue weighted by Gasteiger charge is -2.10. The number of amides is 1. The minimum Gasteiger partial charge on any atom is -0.454 e. The molecule has 152 valence electrons. The van der Waals surface area contributed by atoms with Crippen molar-refractivity contribution in [2.45, 2.75) is 0 Å². The standard InChI is InChI=1S/C24H17N3O2S2/c1-2-12-26-23(28)21(31-24(26)30)14-17-15-27(18-9-4-3-5-10-18)25-22(17)20-13-16-8-6-7-11-19(16)29-20/h2-11,13-15H,1,12H2/b21-14-. The third-order valence-electron chi connectivity index (χ3n) is 4.89. The van der Waals surface area contributed by atoms with Crippen molar-refractivity contribution in [3.8, 4) is 17.1 Å². The van der Waals surface area contributed by atoms with Gasteiger partial charge in [-0.25, -0.2) is 4.68 Å². The van der Waals surface area contributed by atoms with Crippen molar-refractivity contribution in [2.75, 3.05) is 6.54 Å². The third-order valence-corrected chi connectivity index (χ3v) is 6.27. The molecule has 5 nitrogen and oxygen atoms in total. The van der Waals surface area contributed by atoms with Crippen molar-refractivity contribution in [1.82, 2.24) is 14.7 Å². The summed E-state index contributed by atoms with van der Waals surface area (Å²) in [5.74, 6) is 0.515. The number of para-hydroxylation sites is 2. The Bertz CT molecular complexity index is 1320. The molecule has 2 aromatic carbocycles. The fourth-order valence-corrected chi connectivity index (χ4v) is 4.69. The van der Waals surface area contributed by atoms with Gasteiger partial charge in [0.05, 0.1) is 10.6 Å². The van der Waals surface area contributed by atoms with E-state index in [4.69, 9.17) is 21.7 Å². The van der Waals surface area contributed by atoms with E-state index in [1.165, 1.54) is 11.8 Å². The summed E-state index contributed by atoms with van der Waals surface area (Å²) >= 11 is 6.65. The van der Waals surface area contributed by atoms with Crippen LogP contribution in [0.3, 0.4) is 0 Å². The van der Waals surface area contributed by atoms with Crippen molar-refractivity contribution in [3.05, 3.63) is 90.0 Å². The molecule has 2 aromatic heterocycles. The Morgan fingerprint density at radius 3 is 2.68 bits per heavy atom.